The molecule has 6 N–H and O–H groups in total. The lowest BCUT2D eigenvalue weighted by Crippen LogP contribution is -2.54. The summed E-state index contributed by atoms with van der Waals surface area (Å²) in [6.07, 6.45) is 0.952. The fraction of sp³-hybridized carbons (Fsp3) is 0.370. The van der Waals surface area contributed by atoms with E-state index >= 15 is 0 Å². The van der Waals surface area contributed by atoms with E-state index in [2.05, 4.69) is 27.4 Å². The van der Waals surface area contributed by atoms with E-state index in [1.165, 1.54) is 12.0 Å². The minimum atomic E-state index is -1.57. The summed E-state index contributed by atoms with van der Waals surface area (Å²) in [5, 5.41) is 4.90. The number of imide groups is 1. The molecule has 4 amide bonds. The number of carbonyl (C=O) groups is 3. The first kappa shape index (κ1) is 24.8. The van der Waals surface area contributed by atoms with Gasteiger partial charge in [0.15, 0.2) is 0 Å². The number of benzene rings is 2. The number of urea groups is 1. The summed E-state index contributed by atoms with van der Waals surface area (Å²) in [4.78, 5) is 41.8. The molecule has 192 valence electrons. The highest BCUT2D eigenvalue weighted by Gasteiger charge is 2.48. The molecule has 2 aromatic carbocycles. The Hall–Kier alpha value is -3.91. The normalized spacial score (nSPS) is 23.8. The summed E-state index contributed by atoms with van der Waals surface area (Å²) in [6, 6.07) is 12.6. The lowest BCUT2D eigenvalue weighted by atomic mass is 9.98. The minimum Gasteiger partial charge on any atom is -0.497 e. The van der Waals surface area contributed by atoms with Crippen LogP contribution in [0.2, 0.25) is 0 Å². The van der Waals surface area contributed by atoms with Crippen LogP contribution in [0.3, 0.4) is 0 Å². The van der Waals surface area contributed by atoms with Crippen molar-refractivity contribution >= 4 is 17.8 Å². The highest BCUT2D eigenvalue weighted by molar-refractivity contribution is 6.10. The van der Waals surface area contributed by atoms with Gasteiger partial charge < -0.3 is 26.4 Å². The Morgan fingerprint density at radius 2 is 1.97 bits per heavy atom. The number of nitrogens with one attached hydrogen (secondary N) is 2. The number of rotatable bonds is 6. The standard InChI is InChI=1S/C27H30N6O4/c1-37-21-7-6-19-14-33(24(34)22(19)12-21)16-27(25(35)30-26(36)31-27)10-8-17-2-4-18(5-3-17)23(13-28)32-11-9-20(29)15-32/h2-7,12,20,23H,9,11,13-16,28-29H2,1H3,(H2,30,31,35,36)/t20?,23?,27-/m1/s1. The molecule has 3 atom stereocenters. The number of carbonyl (C=O) groups excluding carboxylic acids is 3. The Balaban J connectivity index is 1.36. The van der Waals surface area contributed by atoms with Gasteiger partial charge in [0.25, 0.3) is 11.8 Å². The predicted octanol–water partition coefficient (Wildman–Crippen LogP) is 0.314. The van der Waals surface area contributed by atoms with E-state index in [4.69, 9.17) is 16.2 Å². The maximum Gasteiger partial charge on any atom is 0.323 e. The molecule has 0 spiro atoms. The van der Waals surface area contributed by atoms with Crippen molar-refractivity contribution in [2.45, 2.75) is 30.6 Å². The van der Waals surface area contributed by atoms with Gasteiger partial charge in [0.1, 0.15) is 5.75 Å². The van der Waals surface area contributed by atoms with E-state index in [-0.39, 0.29) is 24.5 Å². The molecule has 0 radical (unpaired) electrons. The van der Waals surface area contributed by atoms with Crippen molar-refractivity contribution in [3.05, 3.63) is 64.7 Å². The number of ether oxygens (including phenoxy) is 1. The topological polar surface area (TPSA) is 143 Å². The van der Waals surface area contributed by atoms with Crippen LogP contribution >= 0.6 is 0 Å². The van der Waals surface area contributed by atoms with Crippen LogP contribution in [0.5, 0.6) is 5.75 Å². The summed E-state index contributed by atoms with van der Waals surface area (Å²) in [5.41, 5.74) is 13.6. The third-order valence-corrected chi connectivity index (χ3v) is 7.20. The average molecular weight is 503 g/mol. The highest BCUT2D eigenvalue weighted by atomic mass is 16.5. The number of likely N-dealkylation sites (tertiary alicyclic amines) is 1. The molecule has 3 heterocycles. The number of nitrogens with zero attached hydrogens (tertiary/aromatic N) is 2. The molecule has 0 bridgehead atoms. The molecule has 37 heavy (non-hydrogen) atoms. The van der Waals surface area contributed by atoms with Gasteiger partial charge in [-0.3, -0.25) is 19.8 Å². The van der Waals surface area contributed by atoms with Crippen molar-refractivity contribution in [2.75, 3.05) is 33.3 Å². The molecule has 0 aromatic heterocycles. The maximum atomic E-state index is 13.1. The van der Waals surface area contributed by atoms with Gasteiger partial charge in [0.2, 0.25) is 5.54 Å². The van der Waals surface area contributed by atoms with Gasteiger partial charge in [-0.25, -0.2) is 4.79 Å². The van der Waals surface area contributed by atoms with Crippen LogP contribution < -0.4 is 26.8 Å². The lowest BCUT2D eigenvalue weighted by Gasteiger charge is -2.27. The molecule has 2 saturated heterocycles. The van der Waals surface area contributed by atoms with Crippen LogP contribution in [0, 0.1) is 11.8 Å². The number of hydrogen-bond donors (Lipinski definition) is 4. The van der Waals surface area contributed by atoms with Gasteiger partial charge in [-0.15, -0.1) is 0 Å². The molecule has 5 rings (SSSR count). The monoisotopic (exact) mass is 502 g/mol. The first-order valence-corrected chi connectivity index (χ1v) is 12.2. The Bertz CT molecular complexity index is 1300. The number of fused-ring (bicyclic) bond motifs is 1. The molecule has 2 aromatic rings. The number of amides is 4. The largest absolute Gasteiger partial charge is 0.497 e. The first-order valence-electron chi connectivity index (χ1n) is 12.2. The molecule has 0 aliphatic carbocycles. The molecule has 10 nitrogen and oxygen atoms in total. The fourth-order valence-corrected chi connectivity index (χ4v) is 5.17. The average Bonchev–Trinajstić information content (AvgIpc) is 3.54. The number of methoxy groups -OCH3 is 1. The molecule has 2 fully saturated rings. The van der Waals surface area contributed by atoms with Gasteiger partial charge in [0.05, 0.1) is 13.7 Å². The third-order valence-electron chi connectivity index (χ3n) is 7.20. The molecule has 3 aliphatic rings. The van der Waals surface area contributed by atoms with Crippen LogP contribution in [0.25, 0.3) is 0 Å². The molecular formula is C27H30N6O4. The zero-order valence-electron chi connectivity index (χ0n) is 20.6. The summed E-state index contributed by atoms with van der Waals surface area (Å²) < 4.78 is 5.23. The van der Waals surface area contributed by atoms with Crippen LogP contribution in [-0.2, 0) is 11.3 Å². The molecule has 3 aliphatic heterocycles. The number of hydrogen-bond acceptors (Lipinski definition) is 7. The lowest BCUT2D eigenvalue weighted by molar-refractivity contribution is -0.122. The van der Waals surface area contributed by atoms with E-state index in [1.807, 2.05) is 30.3 Å². The van der Waals surface area contributed by atoms with Crippen LogP contribution in [-0.4, -0.2) is 72.5 Å². The van der Waals surface area contributed by atoms with Crippen molar-refractivity contribution in [2.24, 2.45) is 11.5 Å². The van der Waals surface area contributed by atoms with E-state index in [0.717, 1.165) is 30.6 Å². The van der Waals surface area contributed by atoms with Crippen molar-refractivity contribution in [3.8, 4) is 17.6 Å². The SMILES string of the molecule is COc1ccc2c(c1)C(=O)N(C[C@@]1(C#Cc3ccc(C(CN)N4CCC(N)C4)cc3)NC(=O)NC1=O)C2. The predicted molar refractivity (Wildman–Crippen MR) is 136 cm³/mol. The fourth-order valence-electron chi connectivity index (χ4n) is 5.17. The van der Waals surface area contributed by atoms with Gasteiger partial charge in [-0.05, 0) is 41.8 Å². The van der Waals surface area contributed by atoms with E-state index in [1.54, 1.807) is 12.1 Å². The Kier molecular flexibility index (Phi) is 6.60. The molecule has 10 heteroatoms. The van der Waals surface area contributed by atoms with Crippen molar-refractivity contribution < 1.29 is 19.1 Å². The zero-order valence-corrected chi connectivity index (χ0v) is 20.6. The van der Waals surface area contributed by atoms with E-state index in [0.29, 0.717) is 30.0 Å². The smallest absolute Gasteiger partial charge is 0.323 e. The van der Waals surface area contributed by atoms with E-state index in [9.17, 15) is 14.4 Å². The molecule has 0 saturated carbocycles. The van der Waals surface area contributed by atoms with Crippen molar-refractivity contribution in [1.29, 1.82) is 0 Å². The third kappa shape index (κ3) is 4.76. The molecule has 2 unspecified atom stereocenters. The van der Waals surface area contributed by atoms with Crippen LogP contribution in [0.1, 0.15) is 39.5 Å². The highest BCUT2D eigenvalue weighted by Crippen LogP contribution is 2.29. The van der Waals surface area contributed by atoms with Crippen LogP contribution in [0.15, 0.2) is 42.5 Å². The van der Waals surface area contributed by atoms with Gasteiger partial charge in [-0.1, -0.05) is 30.0 Å². The number of nitrogens with two attached hydrogens (primary N) is 2. The van der Waals surface area contributed by atoms with Gasteiger partial charge in [-0.2, -0.15) is 0 Å². The summed E-state index contributed by atoms with van der Waals surface area (Å²) in [7, 11) is 1.53. The second kappa shape index (κ2) is 9.86. The Morgan fingerprint density at radius 3 is 2.59 bits per heavy atom. The first-order chi connectivity index (χ1) is 17.8. The van der Waals surface area contributed by atoms with Crippen LogP contribution in [0.4, 0.5) is 4.79 Å². The molecular weight excluding hydrogens is 472 g/mol. The van der Waals surface area contributed by atoms with Crippen molar-refractivity contribution in [1.82, 2.24) is 20.4 Å². The quantitative estimate of drug-likeness (QED) is 0.329. The van der Waals surface area contributed by atoms with Gasteiger partial charge in [0, 0.05) is 49.4 Å². The maximum absolute atomic E-state index is 13.1. The second-order valence-electron chi connectivity index (χ2n) is 9.67. The van der Waals surface area contributed by atoms with Crippen molar-refractivity contribution in [3.63, 3.8) is 0 Å². The zero-order chi connectivity index (χ0) is 26.2. The Labute approximate surface area is 215 Å². The van der Waals surface area contributed by atoms with Gasteiger partial charge >= 0.3 is 6.03 Å². The Morgan fingerprint density at radius 1 is 1.19 bits per heavy atom. The second-order valence-corrected chi connectivity index (χ2v) is 9.67. The summed E-state index contributed by atoms with van der Waals surface area (Å²) in [6.45, 7) is 2.42. The minimum absolute atomic E-state index is 0.0724. The summed E-state index contributed by atoms with van der Waals surface area (Å²) >= 11 is 0. The summed E-state index contributed by atoms with van der Waals surface area (Å²) in [5.74, 6) is 5.71. The van der Waals surface area contributed by atoms with E-state index < -0.39 is 17.5 Å².